The Hall–Kier alpha value is -0.320. The highest BCUT2D eigenvalue weighted by Gasteiger charge is 2.18. The number of benzene rings is 1. The smallest absolute Gasteiger partial charge is 0.105 e. The summed E-state index contributed by atoms with van der Waals surface area (Å²) >= 11 is 11.5. The van der Waals surface area contributed by atoms with Gasteiger partial charge >= 0.3 is 0 Å². The summed E-state index contributed by atoms with van der Waals surface area (Å²) < 4.78 is 0. The van der Waals surface area contributed by atoms with Crippen LogP contribution in [0.25, 0.3) is 0 Å². The molecule has 0 bridgehead atoms. The first-order valence-corrected chi connectivity index (χ1v) is 5.33. The summed E-state index contributed by atoms with van der Waals surface area (Å²) in [5.41, 5.74) is 5.81. The highest BCUT2D eigenvalue weighted by Crippen LogP contribution is 2.27. The van der Waals surface area contributed by atoms with Crippen molar-refractivity contribution < 1.29 is 10.2 Å². The van der Waals surface area contributed by atoms with E-state index in [1.165, 1.54) is 6.07 Å². The van der Waals surface area contributed by atoms with Crippen molar-refractivity contribution in [3.8, 4) is 0 Å². The zero-order chi connectivity index (χ0) is 11.4. The molecule has 0 heterocycles. The van der Waals surface area contributed by atoms with E-state index in [-0.39, 0.29) is 0 Å². The van der Waals surface area contributed by atoms with E-state index in [9.17, 15) is 10.2 Å². The summed E-state index contributed by atoms with van der Waals surface area (Å²) in [6, 6.07) is 4.74. The lowest BCUT2D eigenvalue weighted by Crippen LogP contribution is -2.21. The largest absolute Gasteiger partial charge is 0.390 e. The molecule has 0 aliphatic heterocycles. The molecule has 0 aliphatic carbocycles. The Labute approximate surface area is 98.4 Å². The van der Waals surface area contributed by atoms with Gasteiger partial charge in [0.1, 0.15) is 6.10 Å². The summed E-state index contributed by atoms with van der Waals surface area (Å²) in [6.45, 7) is 0.319. The maximum absolute atomic E-state index is 9.73. The topological polar surface area (TPSA) is 66.5 Å². The first-order valence-electron chi connectivity index (χ1n) is 4.57. The number of aliphatic hydroxyl groups is 2. The normalized spacial score (nSPS) is 15.0. The maximum Gasteiger partial charge on any atom is 0.105 e. The molecule has 0 amide bonds. The fraction of sp³-hybridized carbons (Fsp3) is 0.400. The third-order valence-corrected chi connectivity index (χ3v) is 2.85. The minimum atomic E-state index is -0.983. The number of aliphatic hydroxyl groups excluding tert-OH is 2. The van der Waals surface area contributed by atoms with Crippen LogP contribution < -0.4 is 5.73 Å². The molecule has 2 atom stereocenters. The number of nitrogens with two attached hydrogens (primary N) is 1. The third-order valence-electron chi connectivity index (χ3n) is 2.11. The molecule has 5 heteroatoms. The van der Waals surface area contributed by atoms with Crippen molar-refractivity contribution in [1.29, 1.82) is 0 Å². The van der Waals surface area contributed by atoms with Crippen LogP contribution in [0.1, 0.15) is 18.1 Å². The maximum atomic E-state index is 9.73. The van der Waals surface area contributed by atoms with Crippen molar-refractivity contribution in [2.24, 2.45) is 5.73 Å². The molecule has 0 spiro atoms. The van der Waals surface area contributed by atoms with Gasteiger partial charge in [0.2, 0.25) is 0 Å². The zero-order valence-electron chi connectivity index (χ0n) is 8.03. The van der Waals surface area contributed by atoms with Crippen molar-refractivity contribution in [2.45, 2.75) is 18.6 Å². The van der Waals surface area contributed by atoms with Crippen molar-refractivity contribution >= 4 is 23.2 Å². The first kappa shape index (κ1) is 12.7. The highest BCUT2D eigenvalue weighted by atomic mass is 35.5. The summed E-state index contributed by atoms with van der Waals surface area (Å²) in [6.07, 6.45) is -1.53. The van der Waals surface area contributed by atoms with E-state index in [2.05, 4.69) is 0 Å². The van der Waals surface area contributed by atoms with Gasteiger partial charge < -0.3 is 15.9 Å². The van der Waals surface area contributed by atoms with Crippen LogP contribution in [0.5, 0.6) is 0 Å². The second-order valence-electron chi connectivity index (χ2n) is 3.26. The Morgan fingerprint density at radius 2 is 1.87 bits per heavy atom. The standard InChI is InChI=1S/C10H13Cl2NO2/c11-7-2-1-6(5-8(7)12)10(15)9(14)3-4-13/h1-2,5,9-10,14-15H,3-4,13H2. The molecule has 0 fully saturated rings. The average Bonchev–Trinajstić information content (AvgIpc) is 2.21. The third kappa shape index (κ3) is 3.33. The molecule has 84 valence electrons. The summed E-state index contributed by atoms with van der Waals surface area (Å²) in [7, 11) is 0. The number of hydrogen-bond acceptors (Lipinski definition) is 3. The number of halogens is 2. The molecule has 0 saturated carbocycles. The Morgan fingerprint density at radius 1 is 1.20 bits per heavy atom. The second-order valence-corrected chi connectivity index (χ2v) is 4.08. The predicted octanol–water partition coefficient (Wildman–Crippen LogP) is 1.74. The van der Waals surface area contributed by atoms with Crippen molar-refractivity contribution in [2.75, 3.05) is 6.54 Å². The molecule has 1 aromatic rings. The Morgan fingerprint density at radius 3 is 2.40 bits per heavy atom. The van der Waals surface area contributed by atoms with Crippen LogP contribution in [0.4, 0.5) is 0 Å². The van der Waals surface area contributed by atoms with Crippen molar-refractivity contribution in [3.63, 3.8) is 0 Å². The molecule has 15 heavy (non-hydrogen) atoms. The lowest BCUT2D eigenvalue weighted by Gasteiger charge is -2.17. The van der Waals surface area contributed by atoms with Gasteiger partial charge in [-0.2, -0.15) is 0 Å². The van der Waals surface area contributed by atoms with Crippen molar-refractivity contribution in [3.05, 3.63) is 33.8 Å². The fourth-order valence-electron chi connectivity index (χ4n) is 1.25. The van der Waals surface area contributed by atoms with Gasteiger partial charge in [-0.1, -0.05) is 29.3 Å². The zero-order valence-corrected chi connectivity index (χ0v) is 9.54. The van der Waals surface area contributed by atoms with Crippen LogP contribution in [-0.2, 0) is 0 Å². The molecule has 0 aliphatic rings. The van der Waals surface area contributed by atoms with Crippen LogP contribution in [0.2, 0.25) is 10.0 Å². The van der Waals surface area contributed by atoms with Crippen LogP contribution >= 0.6 is 23.2 Å². The van der Waals surface area contributed by atoms with Gasteiger partial charge in [-0.25, -0.2) is 0 Å². The molecule has 3 nitrogen and oxygen atoms in total. The van der Waals surface area contributed by atoms with Gasteiger partial charge in [-0.3, -0.25) is 0 Å². The molecule has 4 N–H and O–H groups in total. The number of rotatable bonds is 4. The summed E-state index contributed by atoms with van der Waals surface area (Å²) in [5.74, 6) is 0. The Balaban J connectivity index is 2.81. The number of hydrogen-bond donors (Lipinski definition) is 3. The second kappa shape index (κ2) is 5.68. The fourth-order valence-corrected chi connectivity index (χ4v) is 1.55. The van der Waals surface area contributed by atoms with Crippen LogP contribution in [0, 0.1) is 0 Å². The molecule has 0 radical (unpaired) electrons. The molecule has 0 aromatic heterocycles. The van der Waals surface area contributed by atoms with Crippen LogP contribution in [-0.4, -0.2) is 22.9 Å². The van der Waals surface area contributed by atoms with Gasteiger partial charge in [0, 0.05) is 0 Å². The van der Waals surface area contributed by atoms with E-state index in [1.807, 2.05) is 0 Å². The van der Waals surface area contributed by atoms with Gasteiger partial charge in [-0.15, -0.1) is 0 Å². The van der Waals surface area contributed by atoms with Crippen molar-refractivity contribution in [1.82, 2.24) is 0 Å². The molecule has 1 aromatic carbocycles. The predicted molar refractivity (Wildman–Crippen MR) is 61.1 cm³/mol. The van der Waals surface area contributed by atoms with E-state index < -0.39 is 12.2 Å². The lowest BCUT2D eigenvalue weighted by molar-refractivity contribution is 0.0150. The monoisotopic (exact) mass is 249 g/mol. The van der Waals surface area contributed by atoms with Gasteiger partial charge in [0.25, 0.3) is 0 Å². The van der Waals surface area contributed by atoms with Gasteiger partial charge in [0.15, 0.2) is 0 Å². The quantitative estimate of drug-likeness (QED) is 0.762. The Bertz CT molecular complexity index is 333. The first-order chi connectivity index (χ1) is 7.06. The van der Waals surface area contributed by atoms with Gasteiger partial charge in [-0.05, 0) is 30.7 Å². The van der Waals surface area contributed by atoms with Crippen LogP contribution in [0.3, 0.4) is 0 Å². The minimum Gasteiger partial charge on any atom is -0.390 e. The highest BCUT2D eigenvalue weighted by molar-refractivity contribution is 6.42. The Kier molecular flexibility index (Phi) is 4.83. The lowest BCUT2D eigenvalue weighted by atomic mass is 10.0. The van der Waals surface area contributed by atoms with E-state index in [0.29, 0.717) is 28.6 Å². The average molecular weight is 250 g/mol. The molecule has 2 unspecified atom stereocenters. The molecular formula is C10H13Cl2NO2. The van der Waals surface area contributed by atoms with E-state index in [0.717, 1.165) is 0 Å². The van der Waals surface area contributed by atoms with Gasteiger partial charge in [0.05, 0.1) is 16.1 Å². The van der Waals surface area contributed by atoms with E-state index in [1.54, 1.807) is 12.1 Å². The molecular weight excluding hydrogens is 237 g/mol. The van der Waals surface area contributed by atoms with Crippen LogP contribution in [0.15, 0.2) is 18.2 Å². The van der Waals surface area contributed by atoms with E-state index in [4.69, 9.17) is 28.9 Å². The molecule has 1 rings (SSSR count). The SMILES string of the molecule is NCCC(O)C(O)c1ccc(Cl)c(Cl)c1. The molecule has 0 saturated heterocycles. The summed E-state index contributed by atoms with van der Waals surface area (Å²) in [4.78, 5) is 0. The minimum absolute atomic E-state index is 0.319. The van der Waals surface area contributed by atoms with E-state index >= 15 is 0 Å². The summed E-state index contributed by atoms with van der Waals surface area (Å²) in [5, 5.41) is 20.0.